The molecule has 2 N–H and O–H groups in total. The lowest BCUT2D eigenvalue weighted by Crippen LogP contribution is -2.72. The molecule has 0 unspecified atom stereocenters. The molecule has 0 heterocycles. The van der Waals surface area contributed by atoms with Crippen molar-refractivity contribution in [1.82, 2.24) is 5.32 Å². The first kappa shape index (κ1) is 19.1. The molecule has 9 heteroatoms. The molecule has 0 aromatic heterocycles. The number of rotatable bonds is 5. The number of aryl methyl sites for hydroxylation is 1. The molecule has 0 saturated heterocycles. The Morgan fingerprint density at radius 3 is 2.00 bits per heavy atom. The third-order valence-corrected chi connectivity index (χ3v) is 3.12. The van der Waals surface area contributed by atoms with Gasteiger partial charge >= 0.3 is 18.0 Å². The SMILES string of the molecule is CCCC(=O)NC(Nc1ccccc1C)(C(F)(F)F)C(F)(F)F. The molecule has 1 aromatic carbocycles. The zero-order valence-corrected chi connectivity index (χ0v) is 12.4. The van der Waals surface area contributed by atoms with Gasteiger partial charge in [-0.25, -0.2) is 0 Å². The van der Waals surface area contributed by atoms with Gasteiger partial charge < -0.3 is 10.6 Å². The van der Waals surface area contributed by atoms with Gasteiger partial charge in [0.1, 0.15) is 0 Å². The monoisotopic (exact) mass is 342 g/mol. The van der Waals surface area contributed by atoms with Crippen molar-refractivity contribution < 1.29 is 31.1 Å². The minimum atomic E-state index is -5.79. The van der Waals surface area contributed by atoms with Crippen LogP contribution < -0.4 is 10.6 Å². The zero-order valence-electron chi connectivity index (χ0n) is 12.4. The van der Waals surface area contributed by atoms with Crippen LogP contribution in [0.1, 0.15) is 25.3 Å². The second-order valence-electron chi connectivity index (χ2n) is 4.98. The maximum absolute atomic E-state index is 13.3. The molecule has 1 rings (SSSR count). The molecule has 0 radical (unpaired) electrons. The Bertz CT molecular complexity index is 539. The number of halogens is 6. The Balaban J connectivity index is 3.39. The first-order chi connectivity index (χ1) is 10.4. The van der Waals surface area contributed by atoms with Crippen LogP contribution in [0.5, 0.6) is 0 Å². The van der Waals surface area contributed by atoms with E-state index >= 15 is 0 Å². The molecule has 0 spiro atoms. The van der Waals surface area contributed by atoms with Gasteiger partial charge in [-0.3, -0.25) is 4.79 Å². The van der Waals surface area contributed by atoms with Crippen molar-refractivity contribution in [3.63, 3.8) is 0 Å². The Morgan fingerprint density at radius 2 is 1.57 bits per heavy atom. The number of carbonyl (C=O) groups excluding carboxylic acids is 1. The number of nitrogens with one attached hydrogen (secondary N) is 2. The van der Waals surface area contributed by atoms with E-state index in [2.05, 4.69) is 0 Å². The van der Waals surface area contributed by atoms with Gasteiger partial charge in [0.05, 0.1) is 0 Å². The van der Waals surface area contributed by atoms with Crippen LogP contribution in [0.15, 0.2) is 24.3 Å². The summed E-state index contributed by atoms with van der Waals surface area (Å²) in [5, 5.41) is 2.54. The number of alkyl halides is 6. The topological polar surface area (TPSA) is 41.1 Å². The van der Waals surface area contributed by atoms with Crippen molar-refractivity contribution in [1.29, 1.82) is 0 Å². The average molecular weight is 342 g/mol. The Hall–Kier alpha value is -1.93. The summed E-state index contributed by atoms with van der Waals surface area (Å²) in [6, 6.07) is 5.20. The predicted octanol–water partition coefficient (Wildman–Crippen LogP) is 4.14. The number of amides is 1. The van der Waals surface area contributed by atoms with E-state index in [4.69, 9.17) is 0 Å². The van der Waals surface area contributed by atoms with E-state index in [1.54, 1.807) is 0 Å². The minimum absolute atomic E-state index is 0.113. The molecule has 0 aliphatic rings. The lowest BCUT2D eigenvalue weighted by molar-refractivity contribution is -0.296. The summed E-state index contributed by atoms with van der Waals surface area (Å²) >= 11 is 0. The smallest absolute Gasteiger partial charge is 0.347 e. The summed E-state index contributed by atoms with van der Waals surface area (Å²) in [7, 11) is 0. The summed E-state index contributed by atoms with van der Waals surface area (Å²) in [5.74, 6) is -1.34. The van der Waals surface area contributed by atoms with E-state index in [9.17, 15) is 31.1 Å². The fourth-order valence-corrected chi connectivity index (χ4v) is 1.89. The second kappa shape index (κ2) is 6.67. The largest absolute Gasteiger partial charge is 0.439 e. The van der Waals surface area contributed by atoms with E-state index in [1.807, 2.05) is 0 Å². The van der Waals surface area contributed by atoms with Gasteiger partial charge in [-0.2, -0.15) is 26.3 Å². The fourth-order valence-electron chi connectivity index (χ4n) is 1.89. The molecule has 1 aromatic rings. The standard InChI is InChI=1S/C14H16F6N2O/c1-3-6-11(23)22-12(13(15,16)17,14(18,19)20)21-10-8-5-4-7-9(10)2/h4-5,7-8,21H,3,6H2,1-2H3,(H,22,23). The van der Waals surface area contributed by atoms with Crippen molar-refractivity contribution >= 4 is 11.6 Å². The number of hydrogen-bond acceptors (Lipinski definition) is 2. The lowest BCUT2D eigenvalue weighted by Gasteiger charge is -2.39. The molecule has 0 saturated carbocycles. The van der Waals surface area contributed by atoms with E-state index in [0.29, 0.717) is 0 Å². The van der Waals surface area contributed by atoms with Gasteiger partial charge in [0.15, 0.2) is 0 Å². The molecule has 23 heavy (non-hydrogen) atoms. The van der Waals surface area contributed by atoms with Crippen LogP contribution in [-0.2, 0) is 4.79 Å². The average Bonchev–Trinajstić information content (AvgIpc) is 2.38. The van der Waals surface area contributed by atoms with Gasteiger partial charge in [0, 0.05) is 12.1 Å². The number of para-hydroxylation sites is 1. The van der Waals surface area contributed by atoms with Gasteiger partial charge in [0.25, 0.3) is 0 Å². The first-order valence-electron chi connectivity index (χ1n) is 6.73. The molecule has 0 aliphatic heterocycles. The number of anilines is 1. The van der Waals surface area contributed by atoms with Crippen LogP contribution in [0.2, 0.25) is 0 Å². The van der Waals surface area contributed by atoms with Gasteiger partial charge in [-0.1, -0.05) is 25.1 Å². The molecular formula is C14H16F6N2O. The molecule has 0 fully saturated rings. The molecular weight excluding hydrogens is 326 g/mol. The highest BCUT2D eigenvalue weighted by Gasteiger charge is 2.72. The van der Waals surface area contributed by atoms with E-state index in [1.165, 1.54) is 37.4 Å². The number of carbonyl (C=O) groups is 1. The highest BCUT2D eigenvalue weighted by atomic mass is 19.4. The van der Waals surface area contributed by atoms with Crippen LogP contribution >= 0.6 is 0 Å². The highest BCUT2D eigenvalue weighted by Crippen LogP contribution is 2.44. The van der Waals surface area contributed by atoms with E-state index in [-0.39, 0.29) is 17.7 Å². The van der Waals surface area contributed by atoms with Crippen molar-refractivity contribution in [2.75, 3.05) is 5.32 Å². The number of hydrogen-bond donors (Lipinski definition) is 2. The van der Waals surface area contributed by atoms with Gasteiger partial charge in [0.2, 0.25) is 5.91 Å². The first-order valence-corrected chi connectivity index (χ1v) is 6.73. The van der Waals surface area contributed by atoms with Crippen LogP contribution in [-0.4, -0.2) is 23.9 Å². The number of benzene rings is 1. The predicted molar refractivity (Wildman–Crippen MR) is 72.7 cm³/mol. The van der Waals surface area contributed by atoms with Crippen LogP contribution in [0.25, 0.3) is 0 Å². The summed E-state index contributed by atoms with van der Waals surface area (Å²) in [5.41, 5.74) is -4.76. The normalized spacial score (nSPS) is 12.9. The Morgan fingerprint density at radius 1 is 1.04 bits per heavy atom. The summed E-state index contributed by atoms with van der Waals surface area (Å²) in [6.45, 7) is 2.82. The summed E-state index contributed by atoms with van der Waals surface area (Å²) < 4.78 is 79.8. The van der Waals surface area contributed by atoms with Crippen molar-refractivity contribution in [2.45, 2.75) is 44.7 Å². The summed E-state index contributed by atoms with van der Waals surface area (Å²) in [6.07, 6.45) is -11.9. The maximum Gasteiger partial charge on any atom is 0.439 e. The molecule has 0 bridgehead atoms. The van der Waals surface area contributed by atoms with Crippen molar-refractivity contribution in [3.8, 4) is 0 Å². The lowest BCUT2D eigenvalue weighted by atomic mass is 10.1. The third kappa shape index (κ3) is 4.08. The molecule has 1 amide bonds. The molecule has 0 aliphatic carbocycles. The minimum Gasteiger partial charge on any atom is -0.347 e. The Labute approximate surface area is 129 Å². The summed E-state index contributed by atoms with van der Waals surface area (Å²) in [4.78, 5) is 11.5. The Kier molecular flexibility index (Phi) is 5.55. The zero-order chi connectivity index (χ0) is 17.9. The quantitative estimate of drug-likeness (QED) is 0.624. The van der Waals surface area contributed by atoms with E-state index in [0.717, 1.165) is 11.4 Å². The van der Waals surface area contributed by atoms with Crippen molar-refractivity contribution in [2.24, 2.45) is 0 Å². The van der Waals surface area contributed by atoms with Crippen LogP contribution in [0, 0.1) is 6.92 Å². The van der Waals surface area contributed by atoms with Crippen molar-refractivity contribution in [3.05, 3.63) is 29.8 Å². The molecule has 0 atom stereocenters. The maximum atomic E-state index is 13.3. The fraction of sp³-hybridized carbons (Fsp3) is 0.500. The molecule has 3 nitrogen and oxygen atoms in total. The van der Waals surface area contributed by atoms with Crippen LogP contribution in [0.3, 0.4) is 0 Å². The van der Waals surface area contributed by atoms with E-state index < -0.39 is 30.3 Å². The third-order valence-electron chi connectivity index (χ3n) is 3.12. The van der Waals surface area contributed by atoms with Gasteiger partial charge in [-0.05, 0) is 25.0 Å². The van der Waals surface area contributed by atoms with Crippen LogP contribution in [0.4, 0.5) is 32.0 Å². The molecule has 130 valence electrons. The highest BCUT2D eigenvalue weighted by molar-refractivity contribution is 5.77. The second-order valence-corrected chi connectivity index (χ2v) is 4.98. The van der Waals surface area contributed by atoms with Gasteiger partial charge in [-0.15, -0.1) is 0 Å².